The standard InChI is InChI=1S/C22H23F4N5O5.C10H5ClF4N2O/c1-20(2,3)35-19(34)30-8-6-21(7-9-30)17(32)31(18(33)28-21)11-15-27-16(29-36-15)12-4-5-14(23)13(10-12)22(24,25)26;11-4-8-16-9(17-18-8)5-1-2-7(12)6(3-5)10(13,14)15/h4-5,10H,6-9,11H2,1-3H3,(H,28,33);1-3H,4H2. The van der Waals surface area contributed by atoms with Crippen molar-refractivity contribution in [2.75, 3.05) is 13.1 Å². The van der Waals surface area contributed by atoms with Gasteiger partial charge < -0.3 is 24.0 Å². The van der Waals surface area contributed by atoms with Crippen LogP contribution in [0.3, 0.4) is 0 Å². The third-order valence-corrected chi connectivity index (χ3v) is 8.15. The molecule has 2 aromatic carbocycles. The number of alkyl halides is 7. The number of piperidine rings is 1. The second kappa shape index (κ2) is 14.8. The number of amides is 4. The highest BCUT2D eigenvalue weighted by Crippen LogP contribution is 2.36. The van der Waals surface area contributed by atoms with Crippen LogP contribution in [0.15, 0.2) is 45.4 Å². The van der Waals surface area contributed by atoms with Crippen LogP contribution in [0.4, 0.5) is 44.7 Å². The Kier molecular flexibility index (Phi) is 10.9. The lowest BCUT2D eigenvalue weighted by Crippen LogP contribution is -2.56. The molecule has 290 valence electrons. The van der Waals surface area contributed by atoms with E-state index in [1.165, 1.54) is 4.90 Å². The van der Waals surface area contributed by atoms with E-state index >= 15 is 0 Å². The van der Waals surface area contributed by atoms with Gasteiger partial charge in [0.1, 0.15) is 35.2 Å². The maximum Gasteiger partial charge on any atom is 0.419 e. The summed E-state index contributed by atoms with van der Waals surface area (Å²) < 4.78 is 118. The van der Waals surface area contributed by atoms with E-state index < -0.39 is 70.8 Å². The zero-order valence-electron chi connectivity index (χ0n) is 28.2. The molecule has 0 aliphatic carbocycles. The van der Waals surface area contributed by atoms with Gasteiger partial charge in [0.2, 0.25) is 23.4 Å². The predicted molar refractivity (Wildman–Crippen MR) is 168 cm³/mol. The number of benzene rings is 2. The Labute approximate surface area is 304 Å². The van der Waals surface area contributed by atoms with Crippen LogP contribution in [0, 0.1) is 11.6 Å². The van der Waals surface area contributed by atoms with Crippen molar-refractivity contribution in [1.82, 2.24) is 35.4 Å². The molecule has 4 aromatic rings. The molecule has 2 aromatic heterocycles. The molecule has 2 aliphatic heterocycles. The minimum Gasteiger partial charge on any atom is -0.444 e. The first-order valence-corrected chi connectivity index (χ1v) is 16.2. The van der Waals surface area contributed by atoms with E-state index in [0.717, 1.165) is 17.0 Å². The smallest absolute Gasteiger partial charge is 0.419 e. The summed E-state index contributed by atoms with van der Waals surface area (Å²) >= 11 is 5.42. The molecule has 0 atom stereocenters. The van der Waals surface area contributed by atoms with E-state index in [1.807, 2.05) is 0 Å². The highest BCUT2D eigenvalue weighted by molar-refractivity contribution is 6.16. The van der Waals surface area contributed by atoms with Gasteiger partial charge in [-0.3, -0.25) is 9.69 Å². The van der Waals surface area contributed by atoms with Crippen LogP contribution >= 0.6 is 11.6 Å². The molecule has 4 amide bonds. The lowest BCUT2D eigenvalue weighted by atomic mass is 9.87. The van der Waals surface area contributed by atoms with E-state index in [9.17, 15) is 49.5 Å². The average molecular weight is 794 g/mol. The van der Waals surface area contributed by atoms with Crippen LogP contribution in [0.2, 0.25) is 0 Å². The minimum atomic E-state index is -4.92. The number of rotatable bonds is 5. The molecule has 54 heavy (non-hydrogen) atoms. The van der Waals surface area contributed by atoms with Crippen LogP contribution in [0.5, 0.6) is 0 Å². The molecule has 13 nitrogen and oxygen atoms in total. The van der Waals surface area contributed by atoms with Gasteiger partial charge in [0, 0.05) is 24.2 Å². The largest absolute Gasteiger partial charge is 0.444 e. The number of urea groups is 1. The topological polar surface area (TPSA) is 157 Å². The van der Waals surface area contributed by atoms with Crippen molar-refractivity contribution < 1.29 is 63.3 Å². The summed E-state index contributed by atoms with van der Waals surface area (Å²) in [6.45, 7) is 5.18. The number of ether oxygens (including phenoxy) is 1. The van der Waals surface area contributed by atoms with Gasteiger partial charge in [0.05, 0.1) is 11.1 Å². The third kappa shape index (κ3) is 8.88. The van der Waals surface area contributed by atoms with Crippen molar-refractivity contribution in [1.29, 1.82) is 0 Å². The lowest BCUT2D eigenvalue weighted by Gasteiger charge is -2.37. The molecular weight excluding hydrogens is 766 g/mol. The molecular formula is C32H28ClF8N7O6. The maximum absolute atomic E-state index is 13.6. The van der Waals surface area contributed by atoms with Crippen LogP contribution < -0.4 is 5.32 Å². The van der Waals surface area contributed by atoms with Gasteiger partial charge in [-0.2, -0.15) is 36.3 Å². The van der Waals surface area contributed by atoms with Gasteiger partial charge in [-0.15, -0.1) is 11.6 Å². The van der Waals surface area contributed by atoms with Crippen LogP contribution in [0.25, 0.3) is 22.8 Å². The van der Waals surface area contributed by atoms with Gasteiger partial charge in [-0.25, -0.2) is 18.4 Å². The molecule has 6 rings (SSSR count). The van der Waals surface area contributed by atoms with Crippen LogP contribution in [-0.4, -0.2) is 72.3 Å². The monoisotopic (exact) mass is 793 g/mol. The van der Waals surface area contributed by atoms with Gasteiger partial charge in [-0.05, 0) is 70.0 Å². The molecule has 1 spiro atoms. The van der Waals surface area contributed by atoms with Gasteiger partial charge in [0.15, 0.2) is 0 Å². The number of likely N-dealkylation sites (tertiary alicyclic amines) is 1. The Bertz CT molecular complexity index is 2040. The summed E-state index contributed by atoms with van der Waals surface area (Å²) in [4.78, 5) is 48.0. The number of aromatic nitrogens is 4. The number of nitrogens with zero attached hydrogens (tertiary/aromatic N) is 6. The zero-order chi connectivity index (χ0) is 39.8. The average Bonchev–Trinajstić information content (AvgIpc) is 3.80. The molecule has 22 heteroatoms. The molecule has 4 heterocycles. The number of hydrogen-bond donors (Lipinski definition) is 1. The zero-order valence-corrected chi connectivity index (χ0v) is 29.0. The van der Waals surface area contributed by atoms with Crippen molar-refractivity contribution in [3.8, 4) is 22.8 Å². The number of imide groups is 1. The third-order valence-electron chi connectivity index (χ3n) is 7.92. The molecule has 0 saturated carbocycles. The van der Waals surface area contributed by atoms with Crippen molar-refractivity contribution in [2.45, 2.75) is 69.5 Å². The predicted octanol–water partition coefficient (Wildman–Crippen LogP) is 7.35. The van der Waals surface area contributed by atoms with E-state index in [2.05, 4.69) is 30.1 Å². The second-order valence-electron chi connectivity index (χ2n) is 12.9. The molecule has 2 aliphatic rings. The van der Waals surface area contributed by atoms with Gasteiger partial charge in [0.25, 0.3) is 5.91 Å². The summed E-state index contributed by atoms with van der Waals surface area (Å²) in [5, 5.41) is 9.71. The highest BCUT2D eigenvalue weighted by atomic mass is 35.5. The molecule has 2 saturated heterocycles. The van der Waals surface area contributed by atoms with Crippen molar-refractivity contribution in [2.24, 2.45) is 0 Å². The lowest BCUT2D eigenvalue weighted by molar-refractivity contribution is -0.140. The summed E-state index contributed by atoms with van der Waals surface area (Å²) in [5.74, 6) is -3.86. The van der Waals surface area contributed by atoms with Crippen molar-refractivity contribution in [3.63, 3.8) is 0 Å². The first kappa shape index (κ1) is 39.9. The first-order chi connectivity index (χ1) is 25.1. The minimum absolute atomic E-state index is 0.00356. The summed E-state index contributed by atoms with van der Waals surface area (Å²) in [6.07, 6.45) is -9.88. The SMILES string of the molecule is CC(C)(C)OC(=O)N1CCC2(CC1)NC(=O)N(Cc1nc(-c3ccc(F)c(C(F)(F)F)c3)no1)C2=O.Fc1ccc(-c2noc(CCl)n2)cc1C(F)(F)F. The van der Waals surface area contributed by atoms with E-state index in [1.54, 1.807) is 20.8 Å². The fourth-order valence-corrected chi connectivity index (χ4v) is 5.43. The molecule has 0 unspecified atom stereocenters. The van der Waals surface area contributed by atoms with Gasteiger partial charge in [-0.1, -0.05) is 10.3 Å². The van der Waals surface area contributed by atoms with E-state index in [0.29, 0.717) is 24.3 Å². The first-order valence-electron chi connectivity index (χ1n) is 15.7. The maximum atomic E-state index is 13.6. The second-order valence-corrected chi connectivity index (χ2v) is 13.2. The van der Waals surface area contributed by atoms with E-state index in [-0.39, 0.29) is 66.4 Å². The summed E-state index contributed by atoms with van der Waals surface area (Å²) in [7, 11) is 0. The van der Waals surface area contributed by atoms with E-state index in [4.69, 9.17) is 20.9 Å². The number of carbonyl (C=O) groups is 3. The van der Waals surface area contributed by atoms with Crippen molar-refractivity contribution in [3.05, 3.63) is 70.9 Å². The fraction of sp³-hybridized carbons (Fsp3) is 0.406. The Balaban J connectivity index is 0.000000260. The fourth-order valence-electron chi connectivity index (χ4n) is 5.32. The van der Waals surface area contributed by atoms with Crippen LogP contribution in [-0.2, 0) is 34.3 Å². The van der Waals surface area contributed by atoms with Crippen LogP contribution in [0.1, 0.15) is 56.5 Å². The Hall–Kier alpha value is -5.34. The molecule has 0 radical (unpaired) electrons. The van der Waals surface area contributed by atoms with Crippen molar-refractivity contribution >= 4 is 29.6 Å². The Morgan fingerprint density at radius 3 is 1.78 bits per heavy atom. The summed E-state index contributed by atoms with van der Waals surface area (Å²) in [5.41, 5.74) is -4.90. The normalized spacial score (nSPS) is 16.0. The number of halogens is 9. The Morgan fingerprint density at radius 1 is 0.852 bits per heavy atom. The highest BCUT2D eigenvalue weighted by Gasteiger charge is 2.53. The van der Waals surface area contributed by atoms with Gasteiger partial charge >= 0.3 is 24.5 Å². The Morgan fingerprint density at radius 2 is 1.33 bits per heavy atom. The quantitative estimate of drug-likeness (QED) is 0.123. The number of hydrogen-bond acceptors (Lipinski definition) is 10. The number of carbonyl (C=O) groups excluding carboxylic acids is 3. The molecule has 2 fully saturated rings. The molecule has 0 bridgehead atoms. The molecule has 1 N–H and O–H groups in total. The number of nitrogens with one attached hydrogen (secondary N) is 1. The summed E-state index contributed by atoms with van der Waals surface area (Å²) in [6, 6.07) is 4.00.